The number of amides is 1. The molecule has 1 aliphatic rings. The van der Waals surface area contributed by atoms with Crippen LogP contribution in [0.2, 0.25) is 0 Å². The molecule has 3 aromatic rings. The van der Waals surface area contributed by atoms with E-state index in [1.54, 1.807) is 0 Å². The normalized spacial score (nSPS) is 13.2. The number of aromatic nitrogens is 1. The van der Waals surface area contributed by atoms with Crippen LogP contribution in [0.3, 0.4) is 0 Å². The summed E-state index contributed by atoms with van der Waals surface area (Å²) >= 11 is 0. The fraction of sp³-hybridized carbons (Fsp3) is 0.393. The Balaban J connectivity index is 1.73. The van der Waals surface area contributed by atoms with Crippen LogP contribution in [0.4, 0.5) is 4.39 Å². The van der Waals surface area contributed by atoms with Crippen molar-refractivity contribution in [1.82, 2.24) is 14.4 Å². The minimum atomic E-state index is -0.238. The molecule has 1 aromatic heterocycles. The first-order valence-electron chi connectivity index (χ1n) is 11.9. The summed E-state index contributed by atoms with van der Waals surface area (Å²) in [5, 5.41) is 0. The van der Waals surface area contributed by atoms with Gasteiger partial charge in [0.25, 0.3) is 5.91 Å². The number of halogens is 1. The molecule has 0 saturated heterocycles. The van der Waals surface area contributed by atoms with Crippen molar-refractivity contribution < 1.29 is 9.18 Å². The second kappa shape index (κ2) is 10.3. The number of hydrogen-bond acceptors (Lipinski definition) is 2. The maximum atomic E-state index is 14.1. The van der Waals surface area contributed by atoms with Crippen LogP contribution in [0, 0.1) is 12.7 Å². The van der Waals surface area contributed by atoms with Crippen LogP contribution in [0.15, 0.2) is 54.6 Å². The fourth-order valence-electron chi connectivity index (χ4n) is 4.82. The summed E-state index contributed by atoms with van der Waals surface area (Å²) in [6.07, 6.45) is 4.31. The number of carbonyl (C=O) groups is 1. The molecule has 1 heterocycles. The average Bonchev–Trinajstić information content (AvgIpc) is 3.10. The van der Waals surface area contributed by atoms with Gasteiger partial charge in [-0.05, 0) is 81.1 Å². The maximum Gasteiger partial charge on any atom is 0.271 e. The quantitative estimate of drug-likeness (QED) is 0.483. The standard InChI is InChI=1S/C28H34FN3O/c1-21-25-11-7-8-12-26(25)32(20-23-13-15-24(29)16-14-23)27(21)28(33)31(18-17-30(2)3)19-22-9-5-4-6-10-22/h4-6,9-10,13-16H,7-8,11-12,17-20H2,1-3H3. The van der Waals surface area contributed by atoms with Crippen molar-refractivity contribution in [3.63, 3.8) is 0 Å². The van der Waals surface area contributed by atoms with E-state index in [4.69, 9.17) is 0 Å². The number of rotatable bonds is 8. The van der Waals surface area contributed by atoms with Crippen LogP contribution in [0.25, 0.3) is 0 Å². The fourth-order valence-corrected chi connectivity index (χ4v) is 4.82. The molecule has 0 spiro atoms. The highest BCUT2D eigenvalue weighted by atomic mass is 19.1. The van der Waals surface area contributed by atoms with E-state index in [-0.39, 0.29) is 11.7 Å². The molecule has 4 nitrogen and oxygen atoms in total. The second-order valence-electron chi connectivity index (χ2n) is 9.33. The van der Waals surface area contributed by atoms with E-state index in [0.29, 0.717) is 19.6 Å². The van der Waals surface area contributed by atoms with E-state index in [0.717, 1.165) is 54.6 Å². The highest BCUT2D eigenvalue weighted by molar-refractivity contribution is 5.95. The van der Waals surface area contributed by atoms with Crippen LogP contribution in [-0.4, -0.2) is 47.5 Å². The lowest BCUT2D eigenvalue weighted by Gasteiger charge is -2.26. The lowest BCUT2D eigenvalue weighted by Crippen LogP contribution is -2.37. The zero-order chi connectivity index (χ0) is 23.4. The highest BCUT2D eigenvalue weighted by Crippen LogP contribution is 2.31. The maximum absolute atomic E-state index is 14.1. The minimum Gasteiger partial charge on any atom is -0.336 e. The summed E-state index contributed by atoms with van der Waals surface area (Å²) in [4.78, 5) is 18.2. The molecule has 0 saturated carbocycles. The summed E-state index contributed by atoms with van der Waals surface area (Å²) < 4.78 is 15.7. The SMILES string of the molecule is Cc1c2c(n(Cc3ccc(F)cc3)c1C(=O)N(CCN(C)C)Cc1ccccc1)CCCC2. The zero-order valence-corrected chi connectivity index (χ0v) is 20.0. The van der Waals surface area contributed by atoms with Gasteiger partial charge in [0.15, 0.2) is 0 Å². The number of nitrogens with zero attached hydrogens (tertiary/aromatic N) is 3. The number of carbonyl (C=O) groups excluding carboxylic acids is 1. The summed E-state index contributed by atoms with van der Waals surface area (Å²) in [6.45, 7) is 4.73. The van der Waals surface area contributed by atoms with E-state index >= 15 is 0 Å². The first kappa shape index (κ1) is 23.2. The predicted molar refractivity (Wildman–Crippen MR) is 131 cm³/mol. The molecular weight excluding hydrogens is 413 g/mol. The molecule has 0 fully saturated rings. The second-order valence-corrected chi connectivity index (χ2v) is 9.33. The Morgan fingerprint density at radius 2 is 1.64 bits per heavy atom. The van der Waals surface area contributed by atoms with Crippen molar-refractivity contribution >= 4 is 5.91 Å². The smallest absolute Gasteiger partial charge is 0.271 e. The third-order valence-electron chi connectivity index (χ3n) is 6.62. The van der Waals surface area contributed by atoms with Crippen molar-refractivity contribution in [2.24, 2.45) is 0 Å². The number of benzene rings is 2. The van der Waals surface area contributed by atoms with Gasteiger partial charge in [-0.1, -0.05) is 42.5 Å². The molecule has 1 aliphatic carbocycles. The Morgan fingerprint density at radius 1 is 0.939 bits per heavy atom. The predicted octanol–water partition coefficient (Wildman–Crippen LogP) is 5.07. The van der Waals surface area contributed by atoms with Crippen molar-refractivity contribution in [1.29, 1.82) is 0 Å². The summed E-state index contributed by atoms with van der Waals surface area (Å²) in [6, 6.07) is 16.8. The van der Waals surface area contributed by atoms with Gasteiger partial charge in [0, 0.05) is 31.9 Å². The van der Waals surface area contributed by atoms with E-state index in [1.807, 2.05) is 49.3 Å². The van der Waals surface area contributed by atoms with Gasteiger partial charge in [0.05, 0.1) is 0 Å². The third-order valence-corrected chi connectivity index (χ3v) is 6.62. The average molecular weight is 448 g/mol. The molecular formula is C28H34FN3O. The largest absolute Gasteiger partial charge is 0.336 e. The number of hydrogen-bond donors (Lipinski definition) is 0. The third kappa shape index (κ3) is 5.36. The molecule has 0 radical (unpaired) electrons. The summed E-state index contributed by atoms with van der Waals surface area (Å²) in [7, 11) is 4.07. The monoisotopic (exact) mass is 447 g/mol. The van der Waals surface area contributed by atoms with Crippen LogP contribution >= 0.6 is 0 Å². The minimum absolute atomic E-state index is 0.0784. The molecule has 0 bridgehead atoms. The van der Waals surface area contributed by atoms with Gasteiger partial charge < -0.3 is 14.4 Å². The lowest BCUT2D eigenvalue weighted by atomic mass is 9.95. The van der Waals surface area contributed by atoms with Gasteiger partial charge in [-0.15, -0.1) is 0 Å². The molecule has 0 aliphatic heterocycles. The van der Waals surface area contributed by atoms with Crippen LogP contribution in [0.5, 0.6) is 0 Å². The molecule has 0 unspecified atom stereocenters. The molecule has 1 amide bonds. The molecule has 2 aromatic carbocycles. The lowest BCUT2D eigenvalue weighted by molar-refractivity contribution is 0.0720. The van der Waals surface area contributed by atoms with Crippen LogP contribution in [0.1, 0.15) is 51.3 Å². The Bertz CT molecular complexity index is 1090. The number of likely N-dealkylation sites (N-methyl/N-ethyl adjacent to an activating group) is 1. The first-order chi connectivity index (χ1) is 15.9. The summed E-state index contributed by atoms with van der Waals surface area (Å²) in [5.41, 5.74) is 6.65. The van der Waals surface area contributed by atoms with Gasteiger partial charge in [0.2, 0.25) is 0 Å². The van der Waals surface area contributed by atoms with E-state index in [2.05, 4.69) is 28.5 Å². The van der Waals surface area contributed by atoms with E-state index in [9.17, 15) is 9.18 Å². The number of fused-ring (bicyclic) bond motifs is 1. The van der Waals surface area contributed by atoms with Crippen LogP contribution in [-0.2, 0) is 25.9 Å². The van der Waals surface area contributed by atoms with E-state index < -0.39 is 0 Å². The molecule has 4 rings (SSSR count). The van der Waals surface area contributed by atoms with Crippen LogP contribution < -0.4 is 0 Å². The Labute approximate surface area is 196 Å². The van der Waals surface area contributed by atoms with Crippen molar-refractivity contribution in [2.75, 3.05) is 27.2 Å². The molecule has 174 valence electrons. The Kier molecular flexibility index (Phi) is 7.29. The Morgan fingerprint density at radius 3 is 2.33 bits per heavy atom. The molecule has 0 N–H and O–H groups in total. The van der Waals surface area contributed by atoms with E-state index in [1.165, 1.54) is 23.4 Å². The van der Waals surface area contributed by atoms with Gasteiger partial charge in [0.1, 0.15) is 11.5 Å². The van der Waals surface area contributed by atoms with Crippen molar-refractivity contribution in [2.45, 2.75) is 45.7 Å². The Hall–Kier alpha value is -2.92. The van der Waals surface area contributed by atoms with Gasteiger partial charge in [-0.2, -0.15) is 0 Å². The highest BCUT2D eigenvalue weighted by Gasteiger charge is 2.29. The van der Waals surface area contributed by atoms with Crippen molar-refractivity contribution in [3.8, 4) is 0 Å². The van der Waals surface area contributed by atoms with Crippen molar-refractivity contribution in [3.05, 3.63) is 94.1 Å². The molecule has 33 heavy (non-hydrogen) atoms. The summed E-state index contributed by atoms with van der Waals surface area (Å²) in [5.74, 6) is -0.159. The zero-order valence-electron chi connectivity index (χ0n) is 20.0. The topological polar surface area (TPSA) is 28.5 Å². The molecule has 0 atom stereocenters. The van der Waals surface area contributed by atoms with Gasteiger partial charge in [-0.25, -0.2) is 4.39 Å². The van der Waals surface area contributed by atoms with Gasteiger partial charge >= 0.3 is 0 Å². The first-order valence-corrected chi connectivity index (χ1v) is 11.9. The van der Waals surface area contributed by atoms with Gasteiger partial charge in [-0.3, -0.25) is 4.79 Å². The molecule has 5 heteroatoms.